The van der Waals surface area contributed by atoms with E-state index >= 15 is 0 Å². The van der Waals surface area contributed by atoms with Crippen molar-refractivity contribution in [2.24, 2.45) is 0 Å². The Hall–Kier alpha value is -2.33. The molecular weight excluding hydrogens is 396 g/mol. The second-order valence-corrected chi connectivity index (χ2v) is 9.52. The monoisotopic (exact) mass is 426 g/mol. The van der Waals surface area contributed by atoms with Crippen LogP contribution in [0.3, 0.4) is 0 Å². The van der Waals surface area contributed by atoms with Crippen LogP contribution in [0.5, 0.6) is 0 Å². The fourth-order valence-corrected chi connectivity index (χ4v) is 3.85. The molecule has 3 rings (SSSR count). The van der Waals surface area contributed by atoms with Crippen LogP contribution in [-0.4, -0.2) is 35.8 Å². The minimum atomic E-state index is -0.0389. The van der Waals surface area contributed by atoms with E-state index in [-0.39, 0.29) is 23.3 Å². The van der Waals surface area contributed by atoms with Gasteiger partial charge in [0.05, 0.1) is 0 Å². The molecule has 0 atom stereocenters. The van der Waals surface area contributed by atoms with Crippen molar-refractivity contribution in [2.45, 2.75) is 57.9 Å². The second-order valence-electron chi connectivity index (χ2n) is 9.08. The Morgan fingerprint density at radius 1 is 1.00 bits per heavy atom. The molecule has 160 valence electrons. The van der Waals surface area contributed by atoms with Gasteiger partial charge in [0.1, 0.15) is 0 Å². The Bertz CT molecular complexity index is 862. The number of aryl methyl sites for hydroxylation is 1. The van der Waals surface area contributed by atoms with E-state index < -0.39 is 0 Å². The van der Waals surface area contributed by atoms with E-state index in [0.29, 0.717) is 30.1 Å². The summed E-state index contributed by atoms with van der Waals surface area (Å²) in [7, 11) is 0. The van der Waals surface area contributed by atoms with Gasteiger partial charge in [-0.15, -0.1) is 0 Å². The Morgan fingerprint density at radius 3 is 2.17 bits per heavy atom. The highest BCUT2D eigenvalue weighted by Crippen LogP contribution is 2.22. The molecule has 0 radical (unpaired) electrons. The van der Waals surface area contributed by atoms with Crippen LogP contribution < -0.4 is 5.32 Å². The van der Waals surface area contributed by atoms with E-state index in [1.165, 1.54) is 5.56 Å². The second kappa shape index (κ2) is 9.65. The first-order valence-corrected chi connectivity index (χ1v) is 11.0. The zero-order valence-electron chi connectivity index (χ0n) is 18.1. The molecular formula is C25H31ClN2O2. The lowest BCUT2D eigenvalue weighted by Gasteiger charge is -2.32. The third-order valence-corrected chi connectivity index (χ3v) is 5.99. The number of rotatable bonds is 5. The lowest BCUT2D eigenvalue weighted by atomic mass is 9.86. The van der Waals surface area contributed by atoms with Crippen LogP contribution in [0.4, 0.5) is 0 Å². The summed E-state index contributed by atoms with van der Waals surface area (Å²) < 4.78 is 0. The molecule has 30 heavy (non-hydrogen) atoms. The van der Waals surface area contributed by atoms with Crippen LogP contribution in [0, 0.1) is 0 Å². The van der Waals surface area contributed by atoms with Crippen molar-refractivity contribution in [2.75, 3.05) is 13.1 Å². The summed E-state index contributed by atoms with van der Waals surface area (Å²) in [6.45, 7) is 7.85. The Morgan fingerprint density at radius 2 is 1.60 bits per heavy atom. The van der Waals surface area contributed by atoms with Crippen molar-refractivity contribution in [3.8, 4) is 0 Å². The normalized spacial score (nSPS) is 15.1. The molecule has 1 heterocycles. The number of nitrogens with zero attached hydrogens (tertiary/aromatic N) is 1. The van der Waals surface area contributed by atoms with Gasteiger partial charge in [-0.2, -0.15) is 0 Å². The van der Waals surface area contributed by atoms with Crippen LogP contribution in [0.2, 0.25) is 5.02 Å². The molecule has 1 fully saturated rings. The maximum absolute atomic E-state index is 12.6. The molecule has 0 aliphatic carbocycles. The summed E-state index contributed by atoms with van der Waals surface area (Å²) in [5.41, 5.74) is 3.09. The Balaban J connectivity index is 1.44. The van der Waals surface area contributed by atoms with E-state index in [1.54, 1.807) is 0 Å². The first kappa shape index (κ1) is 22.4. The maximum Gasteiger partial charge on any atom is 0.251 e. The van der Waals surface area contributed by atoms with Crippen molar-refractivity contribution in [1.29, 1.82) is 0 Å². The van der Waals surface area contributed by atoms with Gasteiger partial charge in [0.15, 0.2) is 0 Å². The summed E-state index contributed by atoms with van der Waals surface area (Å²) in [5.74, 6) is 0.135. The smallest absolute Gasteiger partial charge is 0.251 e. The number of halogens is 1. The Labute approximate surface area is 184 Å². The van der Waals surface area contributed by atoms with Crippen LogP contribution in [0.25, 0.3) is 0 Å². The molecule has 1 aliphatic rings. The highest BCUT2D eigenvalue weighted by Gasteiger charge is 2.24. The molecule has 1 N–H and O–H groups in total. The summed E-state index contributed by atoms with van der Waals surface area (Å²) in [5, 5.41) is 3.83. The highest BCUT2D eigenvalue weighted by atomic mass is 35.5. The number of carbonyl (C=O) groups excluding carboxylic acids is 2. The van der Waals surface area contributed by atoms with Gasteiger partial charge in [-0.1, -0.05) is 56.6 Å². The molecule has 2 amide bonds. The molecule has 0 saturated carbocycles. The minimum absolute atomic E-state index is 0.0389. The third kappa shape index (κ3) is 6.09. The van der Waals surface area contributed by atoms with Gasteiger partial charge in [0.2, 0.25) is 5.91 Å². The number of amides is 2. The molecule has 0 aromatic heterocycles. The van der Waals surface area contributed by atoms with E-state index in [0.717, 1.165) is 24.8 Å². The van der Waals surface area contributed by atoms with Crippen molar-refractivity contribution >= 4 is 23.4 Å². The van der Waals surface area contributed by atoms with Crippen LogP contribution in [-0.2, 0) is 16.6 Å². The minimum Gasteiger partial charge on any atom is -0.349 e. The SMILES string of the molecule is CC(C)(C)c1ccc(C(=O)NC2CCN(C(=O)CCc3ccc(Cl)cc3)CC2)cc1. The number of hydrogen-bond donors (Lipinski definition) is 1. The largest absolute Gasteiger partial charge is 0.349 e. The Kier molecular flexibility index (Phi) is 7.19. The molecule has 2 aromatic rings. The standard InChI is InChI=1S/C25H31ClN2O2/c1-25(2,3)20-9-7-19(8-10-20)24(30)27-22-14-16-28(17-15-22)23(29)13-6-18-4-11-21(26)12-5-18/h4-5,7-12,22H,6,13-17H2,1-3H3,(H,27,30). The predicted octanol–water partition coefficient (Wildman–Crippen LogP) is 4.99. The first-order chi connectivity index (χ1) is 14.2. The molecule has 0 bridgehead atoms. The topological polar surface area (TPSA) is 49.4 Å². The summed E-state index contributed by atoms with van der Waals surface area (Å²) in [4.78, 5) is 27.0. The van der Waals surface area contributed by atoms with Gasteiger partial charge < -0.3 is 10.2 Å². The average Bonchev–Trinajstić information content (AvgIpc) is 2.73. The zero-order chi connectivity index (χ0) is 21.7. The van der Waals surface area contributed by atoms with Gasteiger partial charge in [-0.05, 0) is 60.1 Å². The van der Waals surface area contributed by atoms with Crippen molar-refractivity contribution in [1.82, 2.24) is 10.2 Å². The number of carbonyl (C=O) groups is 2. The molecule has 0 spiro atoms. The molecule has 5 heteroatoms. The molecule has 2 aromatic carbocycles. The summed E-state index contributed by atoms with van der Waals surface area (Å²) >= 11 is 5.90. The molecule has 1 aliphatic heterocycles. The maximum atomic E-state index is 12.6. The van der Waals surface area contributed by atoms with Crippen molar-refractivity contribution < 1.29 is 9.59 Å². The van der Waals surface area contributed by atoms with Gasteiger partial charge in [-0.25, -0.2) is 0 Å². The van der Waals surface area contributed by atoms with E-state index in [2.05, 4.69) is 26.1 Å². The highest BCUT2D eigenvalue weighted by molar-refractivity contribution is 6.30. The lowest BCUT2D eigenvalue weighted by molar-refractivity contribution is -0.132. The fraction of sp³-hybridized carbons (Fsp3) is 0.440. The van der Waals surface area contributed by atoms with Gasteiger partial charge in [-0.3, -0.25) is 9.59 Å². The average molecular weight is 427 g/mol. The number of nitrogens with one attached hydrogen (secondary N) is 1. The van der Waals surface area contributed by atoms with Gasteiger partial charge in [0.25, 0.3) is 5.91 Å². The van der Waals surface area contributed by atoms with Crippen LogP contribution in [0.15, 0.2) is 48.5 Å². The van der Waals surface area contributed by atoms with Crippen molar-refractivity contribution in [3.63, 3.8) is 0 Å². The van der Waals surface area contributed by atoms with Crippen molar-refractivity contribution in [3.05, 3.63) is 70.2 Å². The first-order valence-electron chi connectivity index (χ1n) is 10.7. The fourth-order valence-electron chi connectivity index (χ4n) is 3.72. The molecule has 0 unspecified atom stereocenters. The molecule has 4 nitrogen and oxygen atoms in total. The third-order valence-electron chi connectivity index (χ3n) is 5.74. The quantitative estimate of drug-likeness (QED) is 0.732. The van der Waals surface area contributed by atoms with Crippen LogP contribution >= 0.6 is 11.6 Å². The van der Waals surface area contributed by atoms with E-state index in [4.69, 9.17) is 11.6 Å². The number of benzene rings is 2. The lowest BCUT2D eigenvalue weighted by Crippen LogP contribution is -2.46. The van der Waals surface area contributed by atoms with E-state index in [1.807, 2.05) is 53.4 Å². The van der Waals surface area contributed by atoms with Gasteiger partial charge >= 0.3 is 0 Å². The van der Waals surface area contributed by atoms with Crippen LogP contribution in [0.1, 0.15) is 61.5 Å². The number of hydrogen-bond acceptors (Lipinski definition) is 2. The number of piperidine rings is 1. The summed E-state index contributed by atoms with van der Waals surface area (Å²) in [6.07, 6.45) is 2.80. The molecule has 1 saturated heterocycles. The number of likely N-dealkylation sites (tertiary alicyclic amines) is 1. The zero-order valence-corrected chi connectivity index (χ0v) is 18.8. The predicted molar refractivity (Wildman–Crippen MR) is 122 cm³/mol. The van der Waals surface area contributed by atoms with Gasteiger partial charge in [0, 0.05) is 36.1 Å². The summed E-state index contributed by atoms with van der Waals surface area (Å²) in [6, 6.07) is 15.6. The van der Waals surface area contributed by atoms with E-state index in [9.17, 15) is 9.59 Å².